The van der Waals surface area contributed by atoms with E-state index in [-0.39, 0.29) is 0 Å². The highest BCUT2D eigenvalue weighted by molar-refractivity contribution is 5.79. The molecule has 0 spiro atoms. The van der Waals surface area contributed by atoms with Gasteiger partial charge in [-0.25, -0.2) is 0 Å². The normalized spacial score (nSPS) is 15.3. The maximum absolute atomic E-state index is 5.90. The summed E-state index contributed by atoms with van der Waals surface area (Å²) >= 11 is 0. The lowest BCUT2D eigenvalue weighted by molar-refractivity contribution is 0.189. The van der Waals surface area contributed by atoms with E-state index in [2.05, 4.69) is 22.0 Å². The zero-order chi connectivity index (χ0) is 20.1. The van der Waals surface area contributed by atoms with Crippen LogP contribution in [0.15, 0.2) is 47.0 Å². The number of para-hydroxylation sites is 1. The molecule has 0 N–H and O–H groups in total. The molecule has 5 heteroatoms. The van der Waals surface area contributed by atoms with Crippen molar-refractivity contribution in [1.82, 2.24) is 10.1 Å². The first-order valence-corrected chi connectivity index (χ1v) is 10.1. The van der Waals surface area contributed by atoms with Gasteiger partial charge in [-0.15, -0.1) is 6.42 Å². The average molecular weight is 390 g/mol. The van der Waals surface area contributed by atoms with Crippen molar-refractivity contribution < 1.29 is 14.0 Å². The molecule has 1 aromatic heterocycles. The van der Waals surface area contributed by atoms with Crippen molar-refractivity contribution in [3.8, 4) is 23.8 Å². The molecular formula is C24H26N2O3. The highest BCUT2D eigenvalue weighted by Gasteiger charge is 2.24. The maximum Gasteiger partial charge on any atom is 0.167 e. The van der Waals surface area contributed by atoms with Gasteiger partial charge in [-0.2, -0.15) is 0 Å². The molecule has 0 saturated carbocycles. The van der Waals surface area contributed by atoms with Crippen LogP contribution in [0, 0.1) is 12.3 Å². The van der Waals surface area contributed by atoms with E-state index in [9.17, 15) is 0 Å². The van der Waals surface area contributed by atoms with Gasteiger partial charge < -0.3 is 18.9 Å². The number of ether oxygens (including phenoxy) is 2. The summed E-state index contributed by atoms with van der Waals surface area (Å²) in [4.78, 5) is 2.50. The van der Waals surface area contributed by atoms with Crippen LogP contribution in [0.5, 0.6) is 11.5 Å². The van der Waals surface area contributed by atoms with Crippen molar-refractivity contribution in [3.63, 3.8) is 0 Å². The van der Waals surface area contributed by atoms with Crippen LogP contribution in [0.3, 0.4) is 0 Å². The van der Waals surface area contributed by atoms with Crippen molar-refractivity contribution in [2.75, 3.05) is 33.4 Å². The SMILES string of the molecule is C#Cc1ccc(OCCCN2CCC(c3noc4ccccc34)CC2)c(OC)c1. The Morgan fingerprint density at radius 3 is 2.79 bits per heavy atom. The first-order chi connectivity index (χ1) is 14.3. The lowest BCUT2D eigenvalue weighted by Gasteiger charge is -2.31. The number of hydrogen-bond donors (Lipinski definition) is 0. The number of fused-ring (bicyclic) bond motifs is 1. The minimum atomic E-state index is 0.477. The summed E-state index contributed by atoms with van der Waals surface area (Å²) in [5.41, 5.74) is 2.79. The quantitative estimate of drug-likeness (QED) is 0.440. The van der Waals surface area contributed by atoms with E-state index in [1.807, 2.05) is 36.4 Å². The fourth-order valence-electron chi connectivity index (χ4n) is 3.98. The third-order valence-electron chi connectivity index (χ3n) is 5.59. The number of benzene rings is 2. The Labute approximate surface area is 171 Å². The minimum Gasteiger partial charge on any atom is -0.493 e. The van der Waals surface area contributed by atoms with Gasteiger partial charge in [0.25, 0.3) is 0 Å². The molecule has 1 saturated heterocycles. The predicted molar refractivity (Wildman–Crippen MR) is 113 cm³/mol. The van der Waals surface area contributed by atoms with E-state index in [1.165, 1.54) is 0 Å². The second-order valence-corrected chi connectivity index (χ2v) is 7.39. The van der Waals surface area contributed by atoms with Gasteiger partial charge >= 0.3 is 0 Å². The smallest absolute Gasteiger partial charge is 0.167 e. The molecule has 1 aliphatic heterocycles. The molecule has 3 aromatic rings. The summed E-state index contributed by atoms with van der Waals surface area (Å²) in [5.74, 6) is 4.51. The summed E-state index contributed by atoms with van der Waals surface area (Å²) in [6.45, 7) is 3.83. The van der Waals surface area contributed by atoms with Crippen LogP contribution >= 0.6 is 0 Å². The van der Waals surface area contributed by atoms with Gasteiger partial charge in [0.05, 0.1) is 19.4 Å². The van der Waals surface area contributed by atoms with Crippen LogP contribution in [-0.2, 0) is 0 Å². The molecule has 0 atom stereocenters. The summed E-state index contributed by atoms with van der Waals surface area (Å²) in [7, 11) is 1.63. The van der Waals surface area contributed by atoms with E-state index in [0.717, 1.165) is 66.9 Å². The molecule has 0 aliphatic carbocycles. The van der Waals surface area contributed by atoms with Crippen molar-refractivity contribution in [3.05, 3.63) is 53.7 Å². The Morgan fingerprint density at radius 1 is 1.17 bits per heavy atom. The van der Waals surface area contributed by atoms with E-state index in [4.69, 9.17) is 20.4 Å². The van der Waals surface area contributed by atoms with E-state index in [1.54, 1.807) is 7.11 Å². The Morgan fingerprint density at radius 2 is 2.00 bits per heavy atom. The second kappa shape index (κ2) is 9.02. The summed E-state index contributed by atoms with van der Waals surface area (Å²) in [6.07, 6.45) is 8.62. The van der Waals surface area contributed by atoms with E-state index in [0.29, 0.717) is 18.3 Å². The number of likely N-dealkylation sites (tertiary alicyclic amines) is 1. The molecule has 1 fully saturated rings. The van der Waals surface area contributed by atoms with Crippen LogP contribution in [-0.4, -0.2) is 43.4 Å². The van der Waals surface area contributed by atoms with Crippen molar-refractivity contribution >= 4 is 11.0 Å². The molecule has 5 nitrogen and oxygen atoms in total. The molecule has 0 unspecified atom stereocenters. The number of aromatic nitrogens is 1. The van der Waals surface area contributed by atoms with Gasteiger partial charge in [0.1, 0.15) is 0 Å². The molecule has 2 aromatic carbocycles. The fourth-order valence-corrected chi connectivity index (χ4v) is 3.98. The fraction of sp³-hybridized carbons (Fsp3) is 0.375. The van der Waals surface area contributed by atoms with Crippen molar-refractivity contribution in [2.24, 2.45) is 0 Å². The summed E-state index contributed by atoms with van der Waals surface area (Å²) in [6, 6.07) is 13.7. The Kier molecular flexibility index (Phi) is 6.02. The molecule has 29 heavy (non-hydrogen) atoms. The van der Waals surface area contributed by atoms with Gasteiger partial charge in [0.15, 0.2) is 17.1 Å². The van der Waals surface area contributed by atoms with E-state index >= 15 is 0 Å². The molecule has 2 heterocycles. The third-order valence-corrected chi connectivity index (χ3v) is 5.59. The largest absolute Gasteiger partial charge is 0.493 e. The number of rotatable bonds is 7. The zero-order valence-electron chi connectivity index (χ0n) is 16.8. The van der Waals surface area contributed by atoms with Crippen LogP contribution in [0.2, 0.25) is 0 Å². The second-order valence-electron chi connectivity index (χ2n) is 7.39. The highest BCUT2D eigenvalue weighted by Crippen LogP contribution is 2.32. The van der Waals surface area contributed by atoms with Gasteiger partial charge in [-0.3, -0.25) is 0 Å². The van der Waals surface area contributed by atoms with Crippen molar-refractivity contribution in [2.45, 2.75) is 25.2 Å². The number of piperidine rings is 1. The van der Waals surface area contributed by atoms with Crippen molar-refractivity contribution in [1.29, 1.82) is 0 Å². The summed E-state index contributed by atoms with van der Waals surface area (Å²) in [5, 5.41) is 5.50. The van der Waals surface area contributed by atoms with E-state index < -0.39 is 0 Å². The number of nitrogens with zero attached hydrogens (tertiary/aromatic N) is 2. The van der Waals surface area contributed by atoms with Crippen LogP contribution in [0.1, 0.15) is 36.4 Å². The Hall–Kier alpha value is -2.97. The monoisotopic (exact) mass is 390 g/mol. The molecule has 0 amide bonds. The van der Waals surface area contributed by atoms with Crippen LogP contribution in [0.25, 0.3) is 11.0 Å². The Bertz CT molecular complexity index is 997. The van der Waals surface area contributed by atoms with Crippen LogP contribution < -0.4 is 9.47 Å². The first kappa shape index (κ1) is 19.4. The molecule has 0 bridgehead atoms. The van der Waals surface area contributed by atoms with Gasteiger partial charge in [0, 0.05) is 23.4 Å². The minimum absolute atomic E-state index is 0.477. The number of terminal acetylenes is 1. The molecule has 150 valence electrons. The standard InChI is InChI=1S/C24H26N2O3/c1-3-18-9-10-22(23(17-18)27-2)28-16-6-13-26-14-11-19(12-15-26)24-20-7-4-5-8-21(20)29-25-24/h1,4-5,7-10,17,19H,6,11-16H2,2H3. The highest BCUT2D eigenvalue weighted by atomic mass is 16.5. The summed E-state index contributed by atoms with van der Waals surface area (Å²) < 4.78 is 16.8. The van der Waals surface area contributed by atoms with Crippen LogP contribution in [0.4, 0.5) is 0 Å². The average Bonchev–Trinajstić information content (AvgIpc) is 3.21. The number of hydrogen-bond acceptors (Lipinski definition) is 5. The topological polar surface area (TPSA) is 47.7 Å². The zero-order valence-corrected chi connectivity index (χ0v) is 16.8. The molecule has 0 radical (unpaired) electrons. The van der Waals surface area contributed by atoms with Gasteiger partial charge in [-0.05, 0) is 62.7 Å². The van der Waals surface area contributed by atoms with Gasteiger partial charge in [0.2, 0.25) is 0 Å². The molecular weight excluding hydrogens is 364 g/mol. The third kappa shape index (κ3) is 4.38. The Balaban J connectivity index is 1.23. The van der Waals surface area contributed by atoms with Gasteiger partial charge in [-0.1, -0.05) is 23.2 Å². The molecule has 4 rings (SSSR count). The maximum atomic E-state index is 5.90. The number of methoxy groups -OCH3 is 1. The predicted octanol–water partition coefficient (Wildman–Crippen LogP) is 4.47. The lowest BCUT2D eigenvalue weighted by atomic mass is 9.91. The lowest BCUT2D eigenvalue weighted by Crippen LogP contribution is -2.34. The first-order valence-electron chi connectivity index (χ1n) is 10.1. The molecule has 1 aliphatic rings.